The average Bonchev–Trinajstić information content (AvgIpc) is 3.50. The summed E-state index contributed by atoms with van der Waals surface area (Å²) in [6.07, 6.45) is 8.31. The van der Waals surface area contributed by atoms with Crippen molar-refractivity contribution < 1.29 is 9.53 Å². The van der Waals surface area contributed by atoms with Crippen molar-refractivity contribution in [3.8, 4) is 0 Å². The molecule has 0 bridgehead atoms. The zero-order valence-electron chi connectivity index (χ0n) is 17.7. The number of rotatable bonds is 5. The molecule has 158 valence electrons. The van der Waals surface area contributed by atoms with E-state index in [4.69, 9.17) is 4.74 Å². The Balaban J connectivity index is 1.18. The molecule has 4 nitrogen and oxygen atoms in total. The Kier molecular flexibility index (Phi) is 5.92. The molecule has 1 aromatic rings. The minimum atomic E-state index is 0.205. The van der Waals surface area contributed by atoms with Crippen LogP contribution in [0.1, 0.15) is 55.6 Å². The van der Waals surface area contributed by atoms with Crippen LogP contribution in [0, 0.1) is 17.8 Å². The fourth-order valence-electron chi connectivity index (χ4n) is 6.29. The van der Waals surface area contributed by atoms with Crippen LogP contribution in [0.3, 0.4) is 0 Å². The van der Waals surface area contributed by atoms with Crippen molar-refractivity contribution >= 4 is 5.91 Å². The van der Waals surface area contributed by atoms with Gasteiger partial charge in [-0.2, -0.15) is 0 Å². The molecular formula is C25H36N2O2. The van der Waals surface area contributed by atoms with Gasteiger partial charge < -0.3 is 14.5 Å². The molecule has 1 amide bonds. The first-order valence-corrected chi connectivity index (χ1v) is 12.0. The molecule has 0 aromatic heterocycles. The van der Waals surface area contributed by atoms with Crippen LogP contribution in [0.4, 0.5) is 0 Å². The highest BCUT2D eigenvalue weighted by Crippen LogP contribution is 2.48. The van der Waals surface area contributed by atoms with Gasteiger partial charge in [-0.15, -0.1) is 0 Å². The van der Waals surface area contributed by atoms with E-state index < -0.39 is 0 Å². The molecule has 29 heavy (non-hydrogen) atoms. The quantitative estimate of drug-likeness (QED) is 0.761. The Hall–Kier alpha value is -1.39. The van der Waals surface area contributed by atoms with Gasteiger partial charge in [0.1, 0.15) is 0 Å². The maximum absolute atomic E-state index is 13.0. The van der Waals surface area contributed by atoms with Gasteiger partial charge in [-0.25, -0.2) is 0 Å². The summed E-state index contributed by atoms with van der Waals surface area (Å²) in [4.78, 5) is 17.8. The van der Waals surface area contributed by atoms with Crippen LogP contribution in [0.2, 0.25) is 0 Å². The molecule has 3 aliphatic heterocycles. The monoisotopic (exact) mass is 396 g/mol. The van der Waals surface area contributed by atoms with E-state index in [9.17, 15) is 4.79 Å². The minimum Gasteiger partial charge on any atom is -0.381 e. The summed E-state index contributed by atoms with van der Waals surface area (Å²) in [6.45, 7) is 7.25. The second kappa shape index (κ2) is 8.77. The van der Waals surface area contributed by atoms with Gasteiger partial charge in [-0.3, -0.25) is 4.79 Å². The molecule has 4 heteroatoms. The molecular weight excluding hydrogens is 360 g/mol. The molecule has 4 fully saturated rings. The van der Waals surface area contributed by atoms with E-state index in [2.05, 4.69) is 34.1 Å². The number of fused-ring (bicyclic) bond motifs is 1. The van der Waals surface area contributed by atoms with Crippen molar-refractivity contribution in [1.29, 1.82) is 0 Å². The Bertz CT molecular complexity index is 691. The molecule has 0 radical (unpaired) electrons. The Morgan fingerprint density at radius 1 is 0.966 bits per heavy atom. The summed E-state index contributed by atoms with van der Waals surface area (Å²) in [7, 11) is 0. The molecule has 3 saturated heterocycles. The fourth-order valence-corrected chi connectivity index (χ4v) is 6.29. The summed E-state index contributed by atoms with van der Waals surface area (Å²) in [6, 6.07) is 9.49. The zero-order valence-corrected chi connectivity index (χ0v) is 17.7. The van der Waals surface area contributed by atoms with E-state index in [1.54, 1.807) is 0 Å². The largest absolute Gasteiger partial charge is 0.381 e. The summed E-state index contributed by atoms with van der Waals surface area (Å²) in [5, 5.41) is 0. The second-order valence-electron chi connectivity index (χ2n) is 9.78. The van der Waals surface area contributed by atoms with Gasteiger partial charge in [0.15, 0.2) is 0 Å². The fraction of sp³-hybridized carbons (Fsp3) is 0.720. The standard InChI is InChI=1S/C25H36N2O2/c28-25(21-10-15-29-16-11-21)27-17-22-7-8-23(24(22)18-27)20-5-3-19(4-6-20)9-14-26-12-1-2-13-26/h3-6,21-24H,1-2,7-18H2/t22?,23-,24-/m0/s1. The van der Waals surface area contributed by atoms with E-state index in [-0.39, 0.29) is 5.92 Å². The zero-order chi connectivity index (χ0) is 19.6. The lowest BCUT2D eigenvalue weighted by atomic mass is 9.86. The Morgan fingerprint density at radius 2 is 1.72 bits per heavy atom. The first-order valence-electron chi connectivity index (χ1n) is 12.0. The summed E-state index contributed by atoms with van der Waals surface area (Å²) in [5.41, 5.74) is 2.97. The predicted molar refractivity (Wildman–Crippen MR) is 115 cm³/mol. The topological polar surface area (TPSA) is 32.8 Å². The minimum absolute atomic E-state index is 0.205. The molecule has 3 atom stereocenters. The normalized spacial score (nSPS) is 30.8. The Labute approximate surface area is 175 Å². The lowest BCUT2D eigenvalue weighted by Gasteiger charge is -2.27. The van der Waals surface area contributed by atoms with E-state index in [1.807, 2.05) is 0 Å². The van der Waals surface area contributed by atoms with E-state index in [0.717, 1.165) is 39.1 Å². The molecule has 1 saturated carbocycles. The smallest absolute Gasteiger partial charge is 0.225 e. The SMILES string of the molecule is O=C(C1CCOCC1)N1CC2CC[C@@H](c3ccc(CCN4CCCC4)cc3)[C@H]2C1. The van der Waals surface area contributed by atoms with Crippen molar-refractivity contribution in [2.45, 2.75) is 50.9 Å². The van der Waals surface area contributed by atoms with Gasteiger partial charge in [-0.05, 0) is 86.9 Å². The highest BCUT2D eigenvalue weighted by Gasteiger charge is 2.45. The number of hydrogen-bond donors (Lipinski definition) is 0. The molecule has 1 unspecified atom stereocenters. The number of hydrogen-bond acceptors (Lipinski definition) is 3. The summed E-state index contributed by atoms with van der Waals surface area (Å²) >= 11 is 0. The number of amides is 1. The van der Waals surface area contributed by atoms with Gasteiger partial charge in [0.25, 0.3) is 0 Å². The second-order valence-corrected chi connectivity index (χ2v) is 9.78. The Morgan fingerprint density at radius 3 is 2.48 bits per heavy atom. The van der Waals surface area contributed by atoms with Crippen LogP contribution in [0.15, 0.2) is 24.3 Å². The summed E-state index contributed by atoms with van der Waals surface area (Å²) < 4.78 is 5.44. The maximum atomic E-state index is 13.0. The highest BCUT2D eigenvalue weighted by molar-refractivity contribution is 5.79. The number of likely N-dealkylation sites (tertiary alicyclic amines) is 2. The summed E-state index contributed by atoms with van der Waals surface area (Å²) in [5.74, 6) is 2.61. The highest BCUT2D eigenvalue weighted by atomic mass is 16.5. The lowest BCUT2D eigenvalue weighted by molar-refractivity contribution is -0.137. The molecule has 0 N–H and O–H groups in total. The van der Waals surface area contributed by atoms with Gasteiger partial charge in [0.05, 0.1) is 0 Å². The number of nitrogens with zero attached hydrogens (tertiary/aromatic N) is 2. The van der Waals surface area contributed by atoms with Gasteiger partial charge in [0.2, 0.25) is 5.91 Å². The van der Waals surface area contributed by atoms with Crippen molar-refractivity contribution in [2.75, 3.05) is 45.9 Å². The van der Waals surface area contributed by atoms with Crippen molar-refractivity contribution in [2.24, 2.45) is 17.8 Å². The van der Waals surface area contributed by atoms with E-state index in [1.165, 1.54) is 62.9 Å². The van der Waals surface area contributed by atoms with Crippen LogP contribution < -0.4 is 0 Å². The molecule has 1 aromatic carbocycles. The predicted octanol–water partition coefficient (Wildman–Crippen LogP) is 3.70. The lowest BCUT2D eigenvalue weighted by Crippen LogP contribution is -2.37. The van der Waals surface area contributed by atoms with Gasteiger partial charge >= 0.3 is 0 Å². The third kappa shape index (κ3) is 4.25. The third-order valence-electron chi connectivity index (χ3n) is 8.06. The van der Waals surface area contributed by atoms with E-state index in [0.29, 0.717) is 23.7 Å². The van der Waals surface area contributed by atoms with Crippen LogP contribution in [-0.4, -0.2) is 61.6 Å². The molecule has 1 aliphatic carbocycles. The first kappa shape index (κ1) is 19.6. The average molecular weight is 397 g/mol. The molecule has 4 aliphatic rings. The number of carbonyl (C=O) groups excluding carboxylic acids is 1. The number of ether oxygens (including phenoxy) is 1. The van der Waals surface area contributed by atoms with E-state index >= 15 is 0 Å². The van der Waals surface area contributed by atoms with Crippen molar-refractivity contribution in [3.63, 3.8) is 0 Å². The number of benzene rings is 1. The van der Waals surface area contributed by atoms with Gasteiger partial charge in [-0.1, -0.05) is 24.3 Å². The van der Waals surface area contributed by atoms with Crippen molar-refractivity contribution in [3.05, 3.63) is 35.4 Å². The molecule has 3 heterocycles. The van der Waals surface area contributed by atoms with Crippen LogP contribution in [-0.2, 0) is 16.0 Å². The maximum Gasteiger partial charge on any atom is 0.225 e. The van der Waals surface area contributed by atoms with Crippen molar-refractivity contribution in [1.82, 2.24) is 9.80 Å². The van der Waals surface area contributed by atoms with Crippen LogP contribution >= 0.6 is 0 Å². The molecule has 0 spiro atoms. The van der Waals surface area contributed by atoms with Crippen LogP contribution in [0.5, 0.6) is 0 Å². The first-order chi connectivity index (χ1) is 14.3. The molecule has 5 rings (SSSR count). The third-order valence-corrected chi connectivity index (χ3v) is 8.06. The van der Waals surface area contributed by atoms with Crippen LogP contribution in [0.25, 0.3) is 0 Å². The van der Waals surface area contributed by atoms with Gasteiger partial charge in [0, 0.05) is 38.8 Å². The number of carbonyl (C=O) groups is 1.